The van der Waals surface area contributed by atoms with E-state index in [4.69, 9.17) is 0 Å². The predicted octanol–water partition coefficient (Wildman–Crippen LogP) is 4.38. The molecule has 1 aromatic heterocycles. The van der Waals surface area contributed by atoms with Crippen molar-refractivity contribution in [1.82, 2.24) is 4.90 Å². The fraction of sp³-hybridized carbons (Fsp3) is 0.533. The van der Waals surface area contributed by atoms with Crippen molar-refractivity contribution in [2.75, 3.05) is 20.1 Å². The molecule has 1 aliphatic heterocycles. The van der Waals surface area contributed by atoms with Crippen LogP contribution in [0.5, 0.6) is 0 Å². The first-order valence-corrected chi connectivity index (χ1v) is 8.59. The maximum Gasteiger partial charge on any atom is 0.111 e. The van der Waals surface area contributed by atoms with E-state index in [9.17, 15) is 0 Å². The topological polar surface area (TPSA) is 15.6 Å². The maximum atomic E-state index is 4.33. The lowest BCUT2D eigenvalue weighted by molar-refractivity contribution is 0.279. The highest BCUT2D eigenvalue weighted by molar-refractivity contribution is 8.17. The third-order valence-electron chi connectivity index (χ3n) is 3.35. The van der Waals surface area contributed by atoms with Crippen molar-refractivity contribution in [2.45, 2.75) is 32.2 Å². The molecule has 0 atom stereocenters. The van der Waals surface area contributed by atoms with Crippen molar-refractivity contribution < 1.29 is 0 Å². The largest absolute Gasteiger partial charge is 0.298 e. The average molecular weight is 294 g/mol. The van der Waals surface area contributed by atoms with Gasteiger partial charge < -0.3 is 0 Å². The standard InChI is InChI=1S/C15H22N2S2/c1-3-18-15(16-2)14-9-8-13(19-14)12-17-10-6-4-5-7-11-17/h3,8-9H,1,4-7,10-12H2,2H3. The van der Waals surface area contributed by atoms with Gasteiger partial charge in [-0.25, -0.2) is 0 Å². The molecule has 1 fully saturated rings. The van der Waals surface area contributed by atoms with Crippen molar-refractivity contribution in [3.63, 3.8) is 0 Å². The molecule has 2 heterocycles. The Hall–Kier alpha value is -0.580. The summed E-state index contributed by atoms with van der Waals surface area (Å²) < 4.78 is 0. The summed E-state index contributed by atoms with van der Waals surface area (Å²) in [6.07, 6.45) is 5.50. The minimum Gasteiger partial charge on any atom is -0.298 e. The molecule has 104 valence electrons. The number of likely N-dealkylation sites (tertiary alicyclic amines) is 1. The monoisotopic (exact) mass is 294 g/mol. The lowest BCUT2D eigenvalue weighted by Crippen LogP contribution is -2.23. The zero-order valence-corrected chi connectivity index (χ0v) is 13.2. The Morgan fingerprint density at radius 2 is 2.11 bits per heavy atom. The van der Waals surface area contributed by atoms with E-state index in [-0.39, 0.29) is 0 Å². The summed E-state index contributed by atoms with van der Waals surface area (Å²) in [7, 11) is 1.85. The van der Waals surface area contributed by atoms with Gasteiger partial charge in [-0.15, -0.1) is 11.3 Å². The minimum absolute atomic E-state index is 1.07. The molecule has 0 bridgehead atoms. The minimum atomic E-state index is 1.07. The number of thioether (sulfide) groups is 1. The zero-order chi connectivity index (χ0) is 13.5. The van der Waals surface area contributed by atoms with Crippen LogP contribution in [-0.4, -0.2) is 30.1 Å². The smallest absolute Gasteiger partial charge is 0.111 e. The number of hydrogen-bond donors (Lipinski definition) is 0. The zero-order valence-electron chi connectivity index (χ0n) is 11.6. The van der Waals surface area contributed by atoms with E-state index in [0.29, 0.717) is 0 Å². The lowest BCUT2D eigenvalue weighted by Gasteiger charge is -2.18. The molecule has 0 saturated carbocycles. The van der Waals surface area contributed by atoms with Crippen LogP contribution in [0.4, 0.5) is 0 Å². The van der Waals surface area contributed by atoms with Gasteiger partial charge in [-0.2, -0.15) is 0 Å². The summed E-state index contributed by atoms with van der Waals surface area (Å²) in [5.41, 5.74) is 0. The van der Waals surface area contributed by atoms with Gasteiger partial charge in [0.05, 0.1) is 4.88 Å². The second kappa shape index (κ2) is 7.88. The molecule has 4 heteroatoms. The van der Waals surface area contributed by atoms with Crippen molar-refractivity contribution in [3.05, 3.63) is 33.9 Å². The molecule has 19 heavy (non-hydrogen) atoms. The van der Waals surface area contributed by atoms with Crippen LogP contribution in [0.1, 0.15) is 35.4 Å². The normalized spacial score (nSPS) is 18.3. The molecule has 1 saturated heterocycles. The fourth-order valence-electron chi connectivity index (χ4n) is 2.39. The highest BCUT2D eigenvalue weighted by atomic mass is 32.2. The predicted molar refractivity (Wildman–Crippen MR) is 88.3 cm³/mol. The maximum absolute atomic E-state index is 4.33. The summed E-state index contributed by atoms with van der Waals surface area (Å²) >= 11 is 3.47. The van der Waals surface area contributed by atoms with Gasteiger partial charge in [0.1, 0.15) is 5.04 Å². The summed E-state index contributed by atoms with van der Waals surface area (Å²) in [6, 6.07) is 4.44. The number of thiophene rings is 1. The third kappa shape index (κ3) is 4.48. The molecule has 1 aliphatic rings. The van der Waals surface area contributed by atoms with Crippen LogP contribution in [0.3, 0.4) is 0 Å². The molecule has 0 radical (unpaired) electrons. The summed E-state index contributed by atoms with van der Waals surface area (Å²) in [5, 5.41) is 2.92. The fourth-order valence-corrected chi connectivity index (χ4v) is 4.09. The number of nitrogens with zero attached hydrogens (tertiary/aromatic N) is 2. The first-order valence-electron chi connectivity index (χ1n) is 6.89. The Bertz CT molecular complexity index is 429. The first kappa shape index (κ1) is 14.8. The van der Waals surface area contributed by atoms with E-state index in [0.717, 1.165) is 11.6 Å². The van der Waals surface area contributed by atoms with Crippen LogP contribution in [0.15, 0.2) is 29.1 Å². The van der Waals surface area contributed by atoms with Gasteiger partial charge in [0, 0.05) is 18.5 Å². The van der Waals surface area contributed by atoms with Crippen LogP contribution in [0, 0.1) is 0 Å². The molecule has 0 aromatic carbocycles. The van der Waals surface area contributed by atoms with Crippen LogP contribution >= 0.6 is 23.1 Å². The second-order valence-electron chi connectivity index (χ2n) is 4.77. The molecule has 0 spiro atoms. The van der Waals surface area contributed by atoms with E-state index < -0.39 is 0 Å². The van der Waals surface area contributed by atoms with Crippen molar-refractivity contribution >= 4 is 28.1 Å². The van der Waals surface area contributed by atoms with Crippen LogP contribution < -0.4 is 0 Å². The quantitative estimate of drug-likeness (QED) is 0.605. The summed E-state index contributed by atoms with van der Waals surface area (Å²) in [6.45, 7) is 7.37. The Kier molecular flexibility index (Phi) is 6.14. The summed E-state index contributed by atoms with van der Waals surface area (Å²) in [5.74, 6) is 0. The average Bonchev–Trinajstić information content (AvgIpc) is 2.72. The molecule has 2 rings (SSSR count). The third-order valence-corrected chi connectivity index (χ3v) is 5.35. The van der Waals surface area contributed by atoms with E-state index in [1.807, 2.05) is 23.8 Å². The Balaban J connectivity index is 1.98. The van der Waals surface area contributed by atoms with Crippen molar-refractivity contribution in [2.24, 2.45) is 4.99 Å². The Morgan fingerprint density at radius 3 is 2.74 bits per heavy atom. The van der Waals surface area contributed by atoms with Gasteiger partial charge in [0.2, 0.25) is 0 Å². The molecule has 2 nitrogen and oxygen atoms in total. The van der Waals surface area contributed by atoms with E-state index in [1.54, 1.807) is 11.8 Å². The van der Waals surface area contributed by atoms with E-state index >= 15 is 0 Å². The lowest BCUT2D eigenvalue weighted by atomic mass is 10.2. The van der Waals surface area contributed by atoms with Crippen LogP contribution in [0.2, 0.25) is 0 Å². The first-order chi connectivity index (χ1) is 9.33. The number of aliphatic imine (C=N–C) groups is 1. The van der Waals surface area contributed by atoms with E-state index in [2.05, 4.69) is 28.6 Å². The van der Waals surface area contributed by atoms with Gasteiger partial charge in [0.15, 0.2) is 0 Å². The van der Waals surface area contributed by atoms with Gasteiger partial charge in [0.25, 0.3) is 0 Å². The van der Waals surface area contributed by atoms with E-state index in [1.165, 1.54) is 48.5 Å². The Morgan fingerprint density at radius 1 is 1.37 bits per heavy atom. The van der Waals surface area contributed by atoms with Crippen molar-refractivity contribution in [3.8, 4) is 0 Å². The van der Waals surface area contributed by atoms with Crippen LogP contribution in [0.25, 0.3) is 0 Å². The molecule has 0 aliphatic carbocycles. The molecular formula is C15H22N2S2. The van der Waals surface area contributed by atoms with Gasteiger partial charge in [-0.05, 0) is 43.5 Å². The molecule has 0 amide bonds. The molecular weight excluding hydrogens is 272 g/mol. The van der Waals surface area contributed by atoms with Gasteiger partial charge >= 0.3 is 0 Å². The highest BCUT2D eigenvalue weighted by Gasteiger charge is 2.12. The molecule has 0 N–H and O–H groups in total. The Labute approximate surface area is 124 Å². The number of hydrogen-bond acceptors (Lipinski definition) is 4. The second-order valence-corrected chi connectivity index (χ2v) is 6.89. The molecule has 1 aromatic rings. The summed E-state index contributed by atoms with van der Waals surface area (Å²) in [4.78, 5) is 9.63. The van der Waals surface area contributed by atoms with Gasteiger partial charge in [-0.1, -0.05) is 31.2 Å². The van der Waals surface area contributed by atoms with Gasteiger partial charge in [-0.3, -0.25) is 9.89 Å². The molecule has 0 unspecified atom stereocenters. The highest BCUT2D eigenvalue weighted by Crippen LogP contribution is 2.24. The number of rotatable bonds is 4. The SMILES string of the molecule is C=CSC(=NC)c1ccc(CN2CCCCCC2)s1. The van der Waals surface area contributed by atoms with Crippen LogP contribution in [-0.2, 0) is 6.54 Å². The van der Waals surface area contributed by atoms with Crippen molar-refractivity contribution in [1.29, 1.82) is 0 Å².